The number of aromatic nitrogens is 2. The van der Waals surface area contributed by atoms with Crippen molar-refractivity contribution in [2.75, 3.05) is 19.8 Å². The minimum absolute atomic E-state index is 0.0218. The van der Waals surface area contributed by atoms with Crippen molar-refractivity contribution in [2.24, 2.45) is 5.92 Å². The minimum atomic E-state index is -0.840. The Bertz CT molecular complexity index is 877. The van der Waals surface area contributed by atoms with E-state index in [-0.39, 0.29) is 35.0 Å². The maximum atomic E-state index is 14.5. The van der Waals surface area contributed by atoms with E-state index in [0.717, 1.165) is 16.8 Å². The maximum Gasteiger partial charge on any atom is 0.407 e. The van der Waals surface area contributed by atoms with E-state index in [1.54, 1.807) is 20.8 Å². The SMILES string of the molecule is CC(C)(C)OC(=O)N[C@H]1CCOC[C@@H]1COc1cc(F)c(-n2cc(Cl)cn2)c(F)c1. The lowest BCUT2D eigenvalue weighted by Gasteiger charge is -2.32. The van der Waals surface area contributed by atoms with Crippen LogP contribution in [0.4, 0.5) is 13.6 Å². The number of nitrogens with zero attached hydrogens (tertiary/aromatic N) is 2. The van der Waals surface area contributed by atoms with Crippen LogP contribution in [0.1, 0.15) is 27.2 Å². The van der Waals surface area contributed by atoms with E-state index >= 15 is 0 Å². The Morgan fingerprint density at radius 1 is 1.37 bits per heavy atom. The number of amides is 1. The molecule has 1 aromatic carbocycles. The first kappa shape index (κ1) is 22.3. The summed E-state index contributed by atoms with van der Waals surface area (Å²) in [6.07, 6.45) is 2.63. The summed E-state index contributed by atoms with van der Waals surface area (Å²) in [5, 5.41) is 6.90. The Morgan fingerprint density at radius 2 is 2.07 bits per heavy atom. The van der Waals surface area contributed by atoms with Crippen molar-refractivity contribution in [3.05, 3.63) is 41.2 Å². The molecule has 1 fully saturated rings. The van der Waals surface area contributed by atoms with E-state index < -0.39 is 23.3 Å². The number of hydrogen-bond donors (Lipinski definition) is 1. The molecular formula is C20H24ClF2N3O4. The fourth-order valence-electron chi connectivity index (χ4n) is 3.08. The molecule has 0 bridgehead atoms. The first-order valence-corrected chi connectivity index (χ1v) is 9.90. The smallest absolute Gasteiger partial charge is 0.407 e. The van der Waals surface area contributed by atoms with Gasteiger partial charge in [-0.05, 0) is 27.2 Å². The summed E-state index contributed by atoms with van der Waals surface area (Å²) in [6.45, 7) is 6.27. The van der Waals surface area contributed by atoms with E-state index in [4.69, 9.17) is 25.8 Å². The molecule has 1 aliphatic rings. The quantitative estimate of drug-likeness (QED) is 0.752. The Labute approximate surface area is 178 Å². The van der Waals surface area contributed by atoms with Crippen LogP contribution in [0, 0.1) is 17.6 Å². The molecule has 1 aliphatic heterocycles. The van der Waals surface area contributed by atoms with E-state index in [1.807, 2.05) is 0 Å². The average Bonchev–Trinajstić information content (AvgIpc) is 3.04. The predicted octanol–water partition coefficient (Wildman–Crippen LogP) is 4.11. The molecule has 2 heterocycles. The highest BCUT2D eigenvalue weighted by molar-refractivity contribution is 6.30. The lowest BCUT2D eigenvalue weighted by molar-refractivity contribution is 0.00434. The predicted molar refractivity (Wildman–Crippen MR) is 106 cm³/mol. The monoisotopic (exact) mass is 443 g/mol. The number of carbonyl (C=O) groups excluding carboxylic acids is 1. The molecule has 10 heteroatoms. The van der Waals surface area contributed by atoms with Crippen LogP contribution in [0.15, 0.2) is 24.5 Å². The number of benzene rings is 1. The fraction of sp³-hybridized carbons (Fsp3) is 0.500. The van der Waals surface area contributed by atoms with Crippen molar-refractivity contribution < 1.29 is 27.8 Å². The molecule has 2 atom stereocenters. The highest BCUT2D eigenvalue weighted by Gasteiger charge is 2.30. The van der Waals surface area contributed by atoms with E-state index in [1.165, 1.54) is 12.4 Å². The molecule has 1 N–H and O–H groups in total. The van der Waals surface area contributed by atoms with Gasteiger partial charge in [0.25, 0.3) is 0 Å². The lowest BCUT2D eigenvalue weighted by Crippen LogP contribution is -2.48. The third kappa shape index (κ3) is 5.82. The molecule has 1 aromatic heterocycles. The number of carbonyl (C=O) groups is 1. The van der Waals surface area contributed by atoms with Gasteiger partial charge in [-0.15, -0.1) is 0 Å². The van der Waals surface area contributed by atoms with Crippen LogP contribution >= 0.6 is 11.6 Å². The summed E-state index contributed by atoms with van der Waals surface area (Å²) in [5.41, 5.74) is -0.962. The van der Waals surface area contributed by atoms with Gasteiger partial charge in [-0.25, -0.2) is 18.3 Å². The highest BCUT2D eigenvalue weighted by Crippen LogP contribution is 2.26. The number of rotatable bonds is 5. The summed E-state index contributed by atoms with van der Waals surface area (Å²) < 4.78 is 46.3. The van der Waals surface area contributed by atoms with Gasteiger partial charge in [0.15, 0.2) is 11.6 Å². The summed E-state index contributed by atoms with van der Waals surface area (Å²) in [5.74, 6) is -1.86. The van der Waals surface area contributed by atoms with Gasteiger partial charge in [0.2, 0.25) is 0 Å². The van der Waals surface area contributed by atoms with Gasteiger partial charge in [0.1, 0.15) is 17.0 Å². The topological polar surface area (TPSA) is 74.6 Å². The number of alkyl carbamates (subject to hydrolysis) is 1. The van der Waals surface area contributed by atoms with Gasteiger partial charge < -0.3 is 19.5 Å². The molecule has 0 aliphatic carbocycles. The van der Waals surface area contributed by atoms with Crippen LogP contribution < -0.4 is 10.1 Å². The highest BCUT2D eigenvalue weighted by atomic mass is 35.5. The summed E-state index contributed by atoms with van der Waals surface area (Å²) in [6, 6.07) is 1.91. The normalized spacial score (nSPS) is 19.4. The van der Waals surface area contributed by atoms with Gasteiger partial charge in [0, 0.05) is 36.9 Å². The van der Waals surface area contributed by atoms with Gasteiger partial charge in [-0.1, -0.05) is 11.6 Å². The first-order valence-electron chi connectivity index (χ1n) is 9.52. The van der Waals surface area contributed by atoms with Crippen molar-refractivity contribution in [3.8, 4) is 11.4 Å². The van der Waals surface area contributed by atoms with E-state index in [0.29, 0.717) is 19.6 Å². The van der Waals surface area contributed by atoms with Crippen molar-refractivity contribution >= 4 is 17.7 Å². The van der Waals surface area contributed by atoms with Crippen LogP contribution in [-0.4, -0.2) is 47.3 Å². The maximum absolute atomic E-state index is 14.5. The summed E-state index contributed by atoms with van der Waals surface area (Å²) in [4.78, 5) is 12.1. The molecule has 30 heavy (non-hydrogen) atoms. The number of ether oxygens (including phenoxy) is 3. The number of halogens is 3. The lowest BCUT2D eigenvalue weighted by atomic mass is 9.97. The number of hydrogen-bond acceptors (Lipinski definition) is 5. The molecule has 0 unspecified atom stereocenters. The zero-order chi connectivity index (χ0) is 21.9. The average molecular weight is 444 g/mol. The second-order valence-corrected chi connectivity index (χ2v) is 8.46. The van der Waals surface area contributed by atoms with Crippen molar-refractivity contribution in [1.82, 2.24) is 15.1 Å². The molecule has 1 amide bonds. The van der Waals surface area contributed by atoms with Crippen LogP contribution in [-0.2, 0) is 9.47 Å². The molecule has 164 valence electrons. The molecule has 0 saturated carbocycles. The van der Waals surface area contributed by atoms with Gasteiger partial charge in [-0.2, -0.15) is 5.10 Å². The number of nitrogens with one attached hydrogen (secondary N) is 1. The minimum Gasteiger partial charge on any atom is -0.493 e. The third-order valence-electron chi connectivity index (χ3n) is 4.41. The first-order chi connectivity index (χ1) is 14.1. The molecular weight excluding hydrogens is 420 g/mol. The van der Waals surface area contributed by atoms with Crippen LogP contribution in [0.5, 0.6) is 5.75 Å². The second kappa shape index (κ2) is 9.18. The van der Waals surface area contributed by atoms with Crippen LogP contribution in [0.2, 0.25) is 5.02 Å². The van der Waals surface area contributed by atoms with Crippen molar-refractivity contribution in [1.29, 1.82) is 0 Å². The summed E-state index contributed by atoms with van der Waals surface area (Å²) >= 11 is 5.76. The van der Waals surface area contributed by atoms with Gasteiger partial charge in [-0.3, -0.25) is 0 Å². The van der Waals surface area contributed by atoms with Gasteiger partial charge in [0.05, 0.1) is 24.4 Å². The van der Waals surface area contributed by atoms with Crippen LogP contribution in [0.25, 0.3) is 5.69 Å². The zero-order valence-electron chi connectivity index (χ0n) is 17.0. The Hall–Kier alpha value is -2.39. The van der Waals surface area contributed by atoms with Crippen molar-refractivity contribution in [2.45, 2.75) is 38.8 Å². The second-order valence-electron chi connectivity index (χ2n) is 8.03. The standard InChI is InChI=1S/C20H24ClF2N3O4/c1-20(2,3)30-19(27)25-17-4-5-28-10-12(17)11-29-14-6-15(22)18(16(23)7-14)26-9-13(21)8-24-26/h6-9,12,17H,4-5,10-11H2,1-3H3,(H,25,27)/t12-,17+/m1/s1. The van der Waals surface area contributed by atoms with Crippen molar-refractivity contribution in [3.63, 3.8) is 0 Å². The zero-order valence-corrected chi connectivity index (χ0v) is 17.7. The largest absolute Gasteiger partial charge is 0.493 e. The van der Waals surface area contributed by atoms with Gasteiger partial charge >= 0.3 is 6.09 Å². The Balaban J connectivity index is 1.65. The summed E-state index contributed by atoms with van der Waals surface area (Å²) in [7, 11) is 0. The Kier molecular flexibility index (Phi) is 6.82. The Morgan fingerprint density at radius 3 is 2.67 bits per heavy atom. The molecule has 0 radical (unpaired) electrons. The molecule has 3 rings (SSSR count). The van der Waals surface area contributed by atoms with E-state index in [9.17, 15) is 13.6 Å². The molecule has 7 nitrogen and oxygen atoms in total. The van der Waals surface area contributed by atoms with E-state index in [2.05, 4.69) is 10.4 Å². The third-order valence-corrected chi connectivity index (χ3v) is 4.61. The van der Waals surface area contributed by atoms with Crippen LogP contribution in [0.3, 0.4) is 0 Å². The molecule has 1 saturated heterocycles. The fourth-order valence-corrected chi connectivity index (χ4v) is 3.22. The molecule has 0 spiro atoms. The molecule has 2 aromatic rings.